The Balaban J connectivity index is 3.33. The molecule has 0 aromatic rings. The van der Waals surface area contributed by atoms with Gasteiger partial charge in [-0.2, -0.15) is 0 Å². The van der Waals surface area contributed by atoms with Crippen molar-refractivity contribution in [3.63, 3.8) is 0 Å². The van der Waals surface area contributed by atoms with Gasteiger partial charge in [-0.05, 0) is 18.3 Å². The van der Waals surface area contributed by atoms with Crippen molar-refractivity contribution in [3.8, 4) is 0 Å². The fourth-order valence-corrected chi connectivity index (χ4v) is 1.49. The maximum atomic E-state index is 10.9. The van der Waals surface area contributed by atoms with Crippen molar-refractivity contribution in [2.75, 3.05) is 6.61 Å². The zero-order valence-electron chi connectivity index (χ0n) is 10.7. The van der Waals surface area contributed by atoms with E-state index in [4.69, 9.17) is 4.74 Å². The van der Waals surface area contributed by atoms with Gasteiger partial charge in [0, 0.05) is 6.42 Å². The van der Waals surface area contributed by atoms with Crippen LogP contribution in [0, 0.1) is 11.8 Å². The third kappa shape index (κ3) is 9.77. The highest BCUT2D eigenvalue weighted by atomic mass is 16.5. The molecule has 2 heteroatoms. The summed E-state index contributed by atoms with van der Waals surface area (Å²) in [5.41, 5.74) is 0. The number of rotatable bonds is 8. The molecule has 0 aliphatic carbocycles. The molecule has 0 N–H and O–H groups in total. The minimum Gasteiger partial charge on any atom is -0.466 e. The lowest BCUT2D eigenvalue weighted by Crippen LogP contribution is -2.07. The van der Waals surface area contributed by atoms with Crippen LogP contribution in [0.4, 0.5) is 0 Å². The first-order chi connectivity index (χ1) is 7.06. The van der Waals surface area contributed by atoms with Crippen molar-refractivity contribution in [2.45, 2.75) is 59.8 Å². The summed E-state index contributed by atoms with van der Waals surface area (Å²) < 4.78 is 5.05. The van der Waals surface area contributed by atoms with Gasteiger partial charge in [-0.1, -0.05) is 47.0 Å². The van der Waals surface area contributed by atoms with E-state index in [1.807, 2.05) is 6.92 Å². The van der Waals surface area contributed by atoms with E-state index < -0.39 is 0 Å². The molecule has 0 radical (unpaired) electrons. The van der Waals surface area contributed by atoms with E-state index in [2.05, 4.69) is 20.8 Å². The SMILES string of the molecule is CCC(=O)OCCC(C)CCCC(C)C. The van der Waals surface area contributed by atoms with Gasteiger partial charge in [0.25, 0.3) is 0 Å². The molecule has 0 saturated carbocycles. The van der Waals surface area contributed by atoms with Gasteiger partial charge in [0.2, 0.25) is 0 Å². The number of ether oxygens (including phenoxy) is 1. The summed E-state index contributed by atoms with van der Waals surface area (Å²) in [5, 5.41) is 0. The molecule has 0 fully saturated rings. The fourth-order valence-electron chi connectivity index (χ4n) is 1.49. The topological polar surface area (TPSA) is 26.3 Å². The van der Waals surface area contributed by atoms with Crippen LogP contribution in [0.1, 0.15) is 59.8 Å². The first-order valence-corrected chi connectivity index (χ1v) is 6.21. The molecule has 0 aliphatic heterocycles. The van der Waals surface area contributed by atoms with Crippen LogP contribution in [0.3, 0.4) is 0 Å². The molecule has 1 unspecified atom stereocenters. The summed E-state index contributed by atoms with van der Waals surface area (Å²) in [6, 6.07) is 0. The molecule has 0 aliphatic rings. The Hall–Kier alpha value is -0.530. The molecule has 0 amide bonds. The van der Waals surface area contributed by atoms with E-state index in [1.54, 1.807) is 0 Å². The molecule has 0 aromatic carbocycles. The molecule has 0 aromatic heterocycles. The van der Waals surface area contributed by atoms with Crippen molar-refractivity contribution in [3.05, 3.63) is 0 Å². The molecule has 90 valence electrons. The molecular formula is C13H26O2. The molecular weight excluding hydrogens is 188 g/mol. The van der Waals surface area contributed by atoms with E-state index in [-0.39, 0.29) is 5.97 Å². The lowest BCUT2D eigenvalue weighted by molar-refractivity contribution is -0.143. The smallest absolute Gasteiger partial charge is 0.305 e. The number of carbonyl (C=O) groups is 1. The van der Waals surface area contributed by atoms with Crippen LogP contribution in [0.15, 0.2) is 0 Å². The average Bonchev–Trinajstić information content (AvgIpc) is 2.17. The summed E-state index contributed by atoms with van der Waals surface area (Å²) in [6.07, 6.45) is 5.34. The zero-order chi connectivity index (χ0) is 11.7. The second-order valence-corrected chi connectivity index (χ2v) is 4.79. The highest BCUT2D eigenvalue weighted by molar-refractivity contribution is 5.68. The monoisotopic (exact) mass is 214 g/mol. The first-order valence-electron chi connectivity index (χ1n) is 6.21. The summed E-state index contributed by atoms with van der Waals surface area (Å²) >= 11 is 0. The lowest BCUT2D eigenvalue weighted by atomic mass is 9.98. The fraction of sp³-hybridized carbons (Fsp3) is 0.923. The minimum atomic E-state index is -0.0793. The standard InChI is InChI=1S/C13H26O2/c1-5-13(14)15-10-9-12(4)8-6-7-11(2)3/h11-12H,5-10H2,1-4H3. The molecule has 1 atom stereocenters. The minimum absolute atomic E-state index is 0.0793. The summed E-state index contributed by atoms with van der Waals surface area (Å²) in [5.74, 6) is 1.40. The Morgan fingerprint density at radius 3 is 2.33 bits per heavy atom. The highest BCUT2D eigenvalue weighted by Crippen LogP contribution is 2.15. The van der Waals surface area contributed by atoms with Gasteiger partial charge in [0.05, 0.1) is 6.61 Å². The number of carbonyl (C=O) groups excluding carboxylic acids is 1. The summed E-state index contributed by atoms with van der Waals surface area (Å²) in [7, 11) is 0. The molecule has 0 saturated heterocycles. The van der Waals surface area contributed by atoms with E-state index in [1.165, 1.54) is 19.3 Å². The molecule has 2 nitrogen and oxygen atoms in total. The third-order valence-electron chi connectivity index (χ3n) is 2.64. The van der Waals surface area contributed by atoms with Gasteiger partial charge in [0.1, 0.15) is 0 Å². The average molecular weight is 214 g/mol. The van der Waals surface area contributed by atoms with Crippen LogP contribution in [0.5, 0.6) is 0 Å². The van der Waals surface area contributed by atoms with Crippen molar-refractivity contribution in [2.24, 2.45) is 11.8 Å². The number of hydrogen-bond acceptors (Lipinski definition) is 2. The molecule has 0 spiro atoms. The zero-order valence-corrected chi connectivity index (χ0v) is 10.7. The van der Waals surface area contributed by atoms with Crippen molar-refractivity contribution in [1.29, 1.82) is 0 Å². The van der Waals surface area contributed by atoms with Crippen molar-refractivity contribution in [1.82, 2.24) is 0 Å². The Labute approximate surface area is 94.4 Å². The third-order valence-corrected chi connectivity index (χ3v) is 2.64. The van der Waals surface area contributed by atoms with E-state index >= 15 is 0 Å². The molecule has 0 bridgehead atoms. The van der Waals surface area contributed by atoms with Crippen LogP contribution < -0.4 is 0 Å². The Morgan fingerprint density at radius 1 is 1.13 bits per heavy atom. The van der Waals surface area contributed by atoms with E-state index in [0.717, 1.165) is 12.3 Å². The molecule has 15 heavy (non-hydrogen) atoms. The highest BCUT2D eigenvalue weighted by Gasteiger charge is 2.05. The van der Waals surface area contributed by atoms with Crippen molar-refractivity contribution < 1.29 is 9.53 Å². The predicted molar refractivity (Wildman–Crippen MR) is 63.7 cm³/mol. The van der Waals surface area contributed by atoms with Crippen LogP contribution in [0.2, 0.25) is 0 Å². The van der Waals surface area contributed by atoms with E-state index in [0.29, 0.717) is 18.9 Å². The van der Waals surface area contributed by atoms with Gasteiger partial charge >= 0.3 is 5.97 Å². The summed E-state index contributed by atoms with van der Waals surface area (Å²) in [6.45, 7) is 9.17. The van der Waals surface area contributed by atoms with Gasteiger partial charge in [-0.15, -0.1) is 0 Å². The molecule has 0 rings (SSSR count). The first kappa shape index (κ1) is 14.5. The van der Waals surface area contributed by atoms with Crippen LogP contribution in [-0.2, 0) is 9.53 Å². The molecule has 0 heterocycles. The Morgan fingerprint density at radius 2 is 1.80 bits per heavy atom. The normalized spacial score (nSPS) is 12.9. The second-order valence-electron chi connectivity index (χ2n) is 4.79. The second kappa shape index (κ2) is 8.75. The van der Waals surface area contributed by atoms with E-state index in [9.17, 15) is 4.79 Å². The quantitative estimate of drug-likeness (QED) is 0.575. The van der Waals surface area contributed by atoms with Gasteiger partial charge < -0.3 is 4.74 Å². The summed E-state index contributed by atoms with van der Waals surface area (Å²) in [4.78, 5) is 10.9. The van der Waals surface area contributed by atoms with Crippen LogP contribution >= 0.6 is 0 Å². The Kier molecular flexibility index (Phi) is 8.44. The number of esters is 1. The van der Waals surface area contributed by atoms with Gasteiger partial charge in [0.15, 0.2) is 0 Å². The predicted octanol–water partition coefficient (Wildman–Crippen LogP) is 3.79. The van der Waals surface area contributed by atoms with Gasteiger partial charge in [-0.3, -0.25) is 4.79 Å². The van der Waals surface area contributed by atoms with Crippen LogP contribution in [0.25, 0.3) is 0 Å². The lowest BCUT2D eigenvalue weighted by Gasteiger charge is -2.12. The van der Waals surface area contributed by atoms with Crippen molar-refractivity contribution >= 4 is 5.97 Å². The maximum absolute atomic E-state index is 10.9. The number of hydrogen-bond donors (Lipinski definition) is 0. The Bertz CT molecular complexity index is 164. The van der Waals surface area contributed by atoms with Gasteiger partial charge in [-0.25, -0.2) is 0 Å². The van der Waals surface area contributed by atoms with Crippen LogP contribution in [-0.4, -0.2) is 12.6 Å². The maximum Gasteiger partial charge on any atom is 0.305 e. The largest absolute Gasteiger partial charge is 0.466 e.